The lowest BCUT2D eigenvalue weighted by Crippen LogP contribution is -2.43. The molecule has 1 aromatic heterocycles. The summed E-state index contributed by atoms with van der Waals surface area (Å²) in [6.45, 7) is 4.37. The van der Waals surface area contributed by atoms with E-state index in [4.69, 9.17) is 9.47 Å². The van der Waals surface area contributed by atoms with Gasteiger partial charge in [-0.2, -0.15) is 0 Å². The Bertz CT molecular complexity index is 1070. The van der Waals surface area contributed by atoms with Crippen LogP contribution in [0.5, 0.6) is 11.5 Å². The SMILES string of the molecule is C=CCN(C(=O)c1csnn1)C(C(=O)NCc1ccc2c(c1)OCO2)c1ccccc1. The van der Waals surface area contributed by atoms with Crippen molar-refractivity contribution in [3.63, 3.8) is 0 Å². The molecule has 1 aliphatic heterocycles. The molecule has 0 bridgehead atoms. The Morgan fingerprint density at radius 2 is 2.00 bits per heavy atom. The van der Waals surface area contributed by atoms with E-state index in [0.717, 1.165) is 17.1 Å². The smallest absolute Gasteiger partial charge is 0.276 e. The summed E-state index contributed by atoms with van der Waals surface area (Å²) in [4.78, 5) is 27.8. The molecule has 9 heteroatoms. The lowest BCUT2D eigenvalue weighted by Gasteiger charge is -2.30. The van der Waals surface area contributed by atoms with E-state index in [0.29, 0.717) is 17.1 Å². The van der Waals surface area contributed by atoms with Crippen molar-refractivity contribution in [2.75, 3.05) is 13.3 Å². The summed E-state index contributed by atoms with van der Waals surface area (Å²) >= 11 is 1.08. The van der Waals surface area contributed by atoms with Gasteiger partial charge in [-0.3, -0.25) is 9.59 Å². The summed E-state index contributed by atoms with van der Waals surface area (Å²) in [5.74, 6) is 0.616. The number of fused-ring (bicyclic) bond motifs is 1. The van der Waals surface area contributed by atoms with Crippen LogP contribution in [0.2, 0.25) is 0 Å². The van der Waals surface area contributed by atoms with E-state index in [1.54, 1.807) is 17.5 Å². The molecular formula is C22H20N4O4S. The molecule has 0 fully saturated rings. The van der Waals surface area contributed by atoms with E-state index < -0.39 is 6.04 Å². The molecule has 2 amide bonds. The second-order valence-electron chi connectivity index (χ2n) is 6.75. The normalized spacial score (nSPS) is 12.8. The summed E-state index contributed by atoms with van der Waals surface area (Å²) in [5, 5.41) is 8.36. The van der Waals surface area contributed by atoms with Gasteiger partial charge in [-0.1, -0.05) is 47.0 Å². The van der Waals surface area contributed by atoms with Crippen LogP contribution in [0.15, 0.2) is 66.6 Å². The fourth-order valence-electron chi connectivity index (χ4n) is 3.29. The largest absolute Gasteiger partial charge is 0.454 e. The Morgan fingerprint density at radius 1 is 1.19 bits per heavy atom. The number of hydrogen-bond acceptors (Lipinski definition) is 7. The number of rotatable bonds is 8. The van der Waals surface area contributed by atoms with Gasteiger partial charge in [-0.25, -0.2) is 0 Å². The maximum absolute atomic E-state index is 13.3. The van der Waals surface area contributed by atoms with Gasteiger partial charge in [0.15, 0.2) is 17.2 Å². The Kier molecular flexibility index (Phi) is 6.23. The Hall–Kier alpha value is -3.72. The van der Waals surface area contributed by atoms with E-state index in [-0.39, 0.29) is 37.4 Å². The lowest BCUT2D eigenvalue weighted by atomic mass is 10.0. The van der Waals surface area contributed by atoms with Crippen LogP contribution >= 0.6 is 11.5 Å². The first-order valence-corrected chi connectivity index (χ1v) is 10.4. The molecule has 1 unspecified atom stereocenters. The van der Waals surface area contributed by atoms with Gasteiger partial charge in [-0.05, 0) is 34.8 Å². The molecule has 0 aliphatic carbocycles. The average molecular weight is 436 g/mol. The van der Waals surface area contributed by atoms with Crippen LogP contribution < -0.4 is 14.8 Å². The van der Waals surface area contributed by atoms with Crippen molar-refractivity contribution in [2.24, 2.45) is 0 Å². The van der Waals surface area contributed by atoms with Crippen LogP contribution in [0.3, 0.4) is 0 Å². The van der Waals surface area contributed by atoms with Crippen molar-refractivity contribution < 1.29 is 19.1 Å². The third kappa shape index (κ3) is 4.56. The third-order valence-electron chi connectivity index (χ3n) is 4.74. The predicted molar refractivity (Wildman–Crippen MR) is 115 cm³/mol. The van der Waals surface area contributed by atoms with Gasteiger partial charge >= 0.3 is 0 Å². The first-order chi connectivity index (χ1) is 15.2. The quantitative estimate of drug-likeness (QED) is 0.546. The van der Waals surface area contributed by atoms with E-state index in [1.807, 2.05) is 42.5 Å². The second-order valence-corrected chi connectivity index (χ2v) is 7.36. The molecule has 1 aliphatic rings. The number of amides is 2. The zero-order chi connectivity index (χ0) is 21.6. The number of benzene rings is 2. The van der Waals surface area contributed by atoms with Crippen molar-refractivity contribution >= 4 is 23.3 Å². The standard InChI is InChI=1S/C22H20N4O4S/c1-2-10-26(22(28)17-13-31-25-24-17)20(16-6-4-3-5-7-16)21(27)23-12-15-8-9-18-19(11-15)30-14-29-18/h2-9,11,13,20H,1,10,12,14H2,(H,23,27). The molecule has 1 N–H and O–H groups in total. The molecule has 0 saturated heterocycles. The van der Waals surface area contributed by atoms with Crippen molar-refractivity contribution in [3.05, 3.63) is 83.4 Å². The first-order valence-electron chi connectivity index (χ1n) is 9.57. The van der Waals surface area contributed by atoms with Crippen LogP contribution in [0.25, 0.3) is 0 Å². The van der Waals surface area contributed by atoms with Crippen molar-refractivity contribution in [2.45, 2.75) is 12.6 Å². The van der Waals surface area contributed by atoms with Crippen LogP contribution in [0.4, 0.5) is 0 Å². The summed E-state index contributed by atoms with van der Waals surface area (Å²) < 4.78 is 14.5. The Labute approximate surface area is 183 Å². The van der Waals surface area contributed by atoms with Gasteiger partial charge in [0.2, 0.25) is 12.7 Å². The second kappa shape index (κ2) is 9.40. The summed E-state index contributed by atoms with van der Waals surface area (Å²) in [6, 6.07) is 13.8. The summed E-state index contributed by atoms with van der Waals surface area (Å²) in [6.07, 6.45) is 1.58. The molecule has 8 nitrogen and oxygen atoms in total. The number of carbonyl (C=O) groups excluding carboxylic acids is 2. The maximum atomic E-state index is 13.3. The lowest BCUT2D eigenvalue weighted by molar-refractivity contribution is -0.126. The fourth-order valence-corrected chi connectivity index (χ4v) is 3.72. The van der Waals surface area contributed by atoms with Crippen molar-refractivity contribution in [1.29, 1.82) is 0 Å². The van der Waals surface area contributed by atoms with Gasteiger partial charge in [-0.15, -0.1) is 11.7 Å². The maximum Gasteiger partial charge on any atom is 0.276 e. The van der Waals surface area contributed by atoms with Crippen molar-refractivity contribution in [3.8, 4) is 11.5 Å². The minimum Gasteiger partial charge on any atom is -0.454 e. The zero-order valence-electron chi connectivity index (χ0n) is 16.6. The zero-order valence-corrected chi connectivity index (χ0v) is 17.4. The predicted octanol–water partition coefficient (Wildman–Crippen LogP) is 2.95. The number of aromatic nitrogens is 2. The highest BCUT2D eigenvalue weighted by molar-refractivity contribution is 7.03. The van der Waals surface area contributed by atoms with Gasteiger partial charge in [0.1, 0.15) is 6.04 Å². The molecule has 4 rings (SSSR count). The van der Waals surface area contributed by atoms with Crippen LogP contribution in [0.1, 0.15) is 27.7 Å². The summed E-state index contributed by atoms with van der Waals surface area (Å²) in [5.41, 5.74) is 1.73. The molecule has 31 heavy (non-hydrogen) atoms. The van der Waals surface area contributed by atoms with E-state index in [9.17, 15) is 9.59 Å². The number of carbonyl (C=O) groups is 2. The molecule has 0 saturated carbocycles. The van der Waals surface area contributed by atoms with Gasteiger partial charge < -0.3 is 19.7 Å². The van der Waals surface area contributed by atoms with Crippen molar-refractivity contribution in [1.82, 2.24) is 19.8 Å². The molecule has 0 spiro atoms. The van der Waals surface area contributed by atoms with Crippen LogP contribution in [-0.4, -0.2) is 39.6 Å². The molecule has 158 valence electrons. The number of ether oxygens (including phenoxy) is 2. The average Bonchev–Trinajstić information content (AvgIpc) is 3.49. The van der Waals surface area contributed by atoms with E-state index >= 15 is 0 Å². The van der Waals surface area contributed by atoms with Gasteiger partial charge in [0.05, 0.1) is 0 Å². The van der Waals surface area contributed by atoms with Gasteiger partial charge in [0.25, 0.3) is 5.91 Å². The van der Waals surface area contributed by atoms with Gasteiger partial charge in [0, 0.05) is 18.5 Å². The molecule has 3 aromatic rings. The Morgan fingerprint density at radius 3 is 2.74 bits per heavy atom. The minimum atomic E-state index is -0.859. The highest BCUT2D eigenvalue weighted by atomic mass is 32.1. The number of hydrogen-bond donors (Lipinski definition) is 1. The first kappa shape index (κ1) is 20.5. The minimum absolute atomic E-state index is 0.174. The fraction of sp³-hybridized carbons (Fsp3) is 0.182. The van der Waals surface area contributed by atoms with E-state index in [1.165, 1.54) is 4.90 Å². The number of nitrogens with one attached hydrogen (secondary N) is 1. The molecule has 2 aromatic carbocycles. The summed E-state index contributed by atoms with van der Waals surface area (Å²) in [7, 11) is 0. The van der Waals surface area contributed by atoms with Crippen LogP contribution in [-0.2, 0) is 11.3 Å². The van der Waals surface area contributed by atoms with Crippen LogP contribution in [0, 0.1) is 0 Å². The molecule has 1 atom stereocenters. The molecule has 2 heterocycles. The van der Waals surface area contributed by atoms with E-state index in [2.05, 4.69) is 21.5 Å². The Balaban J connectivity index is 1.58. The topological polar surface area (TPSA) is 93.7 Å². The highest BCUT2D eigenvalue weighted by Gasteiger charge is 2.32. The number of nitrogens with zero attached hydrogens (tertiary/aromatic N) is 3. The molecule has 0 radical (unpaired) electrons. The highest BCUT2D eigenvalue weighted by Crippen LogP contribution is 2.32. The monoisotopic (exact) mass is 436 g/mol. The third-order valence-corrected chi connectivity index (χ3v) is 5.25. The molecular weight excluding hydrogens is 416 g/mol.